The van der Waals surface area contributed by atoms with Crippen LogP contribution in [0.15, 0.2) is 71.1 Å². The van der Waals surface area contributed by atoms with Gasteiger partial charge in [0.05, 0.1) is 22.8 Å². The van der Waals surface area contributed by atoms with Gasteiger partial charge in [-0.25, -0.2) is 13.9 Å². The summed E-state index contributed by atoms with van der Waals surface area (Å²) in [5.74, 6) is -1.31. The lowest BCUT2D eigenvalue weighted by atomic mass is 10.2. The van der Waals surface area contributed by atoms with Gasteiger partial charge in [-0.2, -0.15) is 5.10 Å². The first kappa shape index (κ1) is 21.0. The SMILES string of the molecule is Cc1nn(-c2ccccc2)c(C)c1NC(=O)COC(=O)c1ccc(-c2ccc(F)cc2)o1. The number of halogens is 1. The van der Waals surface area contributed by atoms with Crippen LogP contribution in [0.2, 0.25) is 0 Å². The highest BCUT2D eigenvalue weighted by Gasteiger charge is 2.18. The highest BCUT2D eigenvalue weighted by Crippen LogP contribution is 2.24. The van der Waals surface area contributed by atoms with E-state index in [0.29, 0.717) is 22.7 Å². The van der Waals surface area contributed by atoms with E-state index in [1.165, 1.54) is 30.3 Å². The number of nitrogens with one attached hydrogen (secondary N) is 1. The molecule has 0 saturated carbocycles. The van der Waals surface area contributed by atoms with E-state index in [9.17, 15) is 14.0 Å². The van der Waals surface area contributed by atoms with Crippen LogP contribution in [0, 0.1) is 19.7 Å². The monoisotopic (exact) mass is 433 g/mol. The number of rotatable bonds is 6. The van der Waals surface area contributed by atoms with Crippen LogP contribution in [0.4, 0.5) is 10.1 Å². The van der Waals surface area contributed by atoms with Gasteiger partial charge in [-0.15, -0.1) is 0 Å². The average Bonchev–Trinajstić information content (AvgIpc) is 3.40. The summed E-state index contributed by atoms with van der Waals surface area (Å²) in [6.07, 6.45) is 0. The number of hydrogen-bond acceptors (Lipinski definition) is 5. The van der Waals surface area contributed by atoms with Gasteiger partial charge in [-0.3, -0.25) is 4.79 Å². The second-order valence-corrected chi connectivity index (χ2v) is 7.09. The summed E-state index contributed by atoms with van der Waals surface area (Å²) in [5, 5.41) is 7.22. The van der Waals surface area contributed by atoms with Crippen LogP contribution in [0.1, 0.15) is 21.9 Å². The van der Waals surface area contributed by atoms with E-state index in [0.717, 1.165) is 11.4 Å². The van der Waals surface area contributed by atoms with E-state index in [2.05, 4.69) is 10.4 Å². The number of ether oxygens (including phenoxy) is 1. The highest BCUT2D eigenvalue weighted by atomic mass is 19.1. The van der Waals surface area contributed by atoms with Crippen LogP contribution >= 0.6 is 0 Å². The predicted molar refractivity (Wildman–Crippen MR) is 116 cm³/mol. The summed E-state index contributed by atoms with van der Waals surface area (Å²) in [6.45, 7) is 3.14. The quantitative estimate of drug-likeness (QED) is 0.446. The fourth-order valence-corrected chi connectivity index (χ4v) is 3.24. The first-order chi connectivity index (χ1) is 15.4. The van der Waals surface area contributed by atoms with Crippen LogP contribution in [0.25, 0.3) is 17.0 Å². The molecule has 4 rings (SSSR count). The first-order valence-corrected chi connectivity index (χ1v) is 9.87. The maximum Gasteiger partial charge on any atom is 0.374 e. The van der Waals surface area contributed by atoms with Crippen LogP contribution in [-0.2, 0) is 9.53 Å². The lowest BCUT2D eigenvalue weighted by Crippen LogP contribution is -2.21. The lowest BCUT2D eigenvalue weighted by molar-refractivity contribution is -0.119. The number of aryl methyl sites for hydroxylation is 1. The molecule has 0 saturated heterocycles. The molecule has 1 N–H and O–H groups in total. The number of carbonyl (C=O) groups is 2. The summed E-state index contributed by atoms with van der Waals surface area (Å²) in [5.41, 5.74) is 3.44. The van der Waals surface area contributed by atoms with Crippen LogP contribution < -0.4 is 5.32 Å². The maximum atomic E-state index is 13.1. The molecule has 0 radical (unpaired) electrons. The summed E-state index contributed by atoms with van der Waals surface area (Å²) in [6, 6.07) is 18.2. The molecule has 7 nitrogen and oxygen atoms in total. The molecule has 162 valence electrons. The molecule has 0 bridgehead atoms. The van der Waals surface area contributed by atoms with Gasteiger partial charge in [-0.1, -0.05) is 18.2 Å². The van der Waals surface area contributed by atoms with Gasteiger partial charge in [0.2, 0.25) is 5.76 Å². The predicted octanol–water partition coefficient (Wildman–Crippen LogP) is 4.68. The van der Waals surface area contributed by atoms with E-state index in [4.69, 9.17) is 9.15 Å². The minimum atomic E-state index is -0.776. The number of aromatic nitrogens is 2. The largest absolute Gasteiger partial charge is 0.450 e. The Kier molecular flexibility index (Phi) is 5.85. The standard InChI is InChI=1S/C24H20FN3O4/c1-15-23(16(2)28(27-15)19-6-4-3-5-7-19)26-22(29)14-31-24(30)21-13-12-20(32-21)17-8-10-18(25)11-9-17/h3-13H,14H2,1-2H3,(H,26,29). The van der Waals surface area contributed by atoms with Crippen molar-refractivity contribution in [2.75, 3.05) is 11.9 Å². The Morgan fingerprint density at radius 1 is 1.03 bits per heavy atom. The van der Waals surface area contributed by atoms with Crippen LogP contribution in [0.3, 0.4) is 0 Å². The molecule has 0 aliphatic carbocycles. The Bertz CT molecular complexity index is 1260. The summed E-state index contributed by atoms with van der Waals surface area (Å²) in [7, 11) is 0. The van der Waals surface area contributed by atoms with Crippen molar-refractivity contribution in [2.45, 2.75) is 13.8 Å². The molecular weight excluding hydrogens is 413 g/mol. The Morgan fingerprint density at radius 3 is 2.47 bits per heavy atom. The molecular formula is C24H20FN3O4. The molecule has 0 unspecified atom stereocenters. The molecule has 2 aromatic heterocycles. The van der Waals surface area contributed by atoms with Crippen molar-refractivity contribution in [1.29, 1.82) is 0 Å². The minimum Gasteiger partial charge on any atom is -0.450 e. The number of benzene rings is 2. The third-order valence-corrected chi connectivity index (χ3v) is 4.83. The van der Waals surface area contributed by atoms with Crippen molar-refractivity contribution < 1.29 is 23.1 Å². The van der Waals surface area contributed by atoms with Gasteiger partial charge in [0.15, 0.2) is 6.61 Å². The van der Waals surface area contributed by atoms with Gasteiger partial charge >= 0.3 is 5.97 Å². The van der Waals surface area contributed by atoms with E-state index in [-0.39, 0.29) is 11.6 Å². The van der Waals surface area contributed by atoms with Crippen LogP contribution in [-0.4, -0.2) is 28.3 Å². The molecule has 0 aliphatic rings. The van der Waals surface area contributed by atoms with E-state index >= 15 is 0 Å². The molecule has 2 heterocycles. The van der Waals surface area contributed by atoms with Crippen molar-refractivity contribution in [3.05, 3.63) is 89.7 Å². The molecule has 1 amide bonds. The van der Waals surface area contributed by atoms with Gasteiger partial charge in [0.25, 0.3) is 5.91 Å². The number of para-hydroxylation sites is 1. The summed E-state index contributed by atoms with van der Waals surface area (Å²) in [4.78, 5) is 24.6. The van der Waals surface area contributed by atoms with Gasteiger partial charge < -0.3 is 14.5 Å². The van der Waals surface area contributed by atoms with Crippen molar-refractivity contribution >= 4 is 17.6 Å². The summed E-state index contributed by atoms with van der Waals surface area (Å²) < 4.78 is 25.3. The van der Waals surface area contributed by atoms with E-state index < -0.39 is 18.5 Å². The lowest BCUT2D eigenvalue weighted by Gasteiger charge is -2.07. The zero-order valence-electron chi connectivity index (χ0n) is 17.5. The van der Waals surface area contributed by atoms with Gasteiger partial charge in [0.1, 0.15) is 11.6 Å². The summed E-state index contributed by atoms with van der Waals surface area (Å²) >= 11 is 0. The average molecular weight is 433 g/mol. The zero-order chi connectivity index (χ0) is 22.7. The third kappa shape index (κ3) is 4.44. The molecule has 32 heavy (non-hydrogen) atoms. The second-order valence-electron chi connectivity index (χ2n) is 7.09. The highest BCUT2D eigenvalue weighted by molar-refractivity contribution is 5.95. The molecule has 0 spiro atoms. The molecule has 0 fully saturated rings. The normalized spacial score (nSPS) is 10.7. The zero-order valence-corrected chi connectivity index (χ0v) is 17.5. The number of anilines is 1. The molecule has 0 atom stereocenters. The third-order valence-electron chi connectivity index (χ3n) is 4.83. The fourth-order valence-electron chi connectivity index (χ4n) is 3.24. The number of amides is 1. The Morgan fingerprint density at radius 2 is 1.75 bits per heavy atom. The first-order valence-electron chi connectivity index (χ1n) is 9.87. The molecule has 4 aromatic rings. The Balaban J connectivity index is 1.38. The minimum absolute atomic E-state index is 0.0543. The molecule has 0 aliphatic heterocycles. The molecule has 8 heteroatoms. The smallest absolute Gasteiger partial charge is 0.374 e. The van der Waals surface area contributed by atoms with Crippen molar-refractivity contribution in [1.82, 2.24) is 9.78 Å². The Labute approximate surface area is 183 Å². The van der Waals surface area contributed by atoms with Crippen molar-refractivity contribution in [3.63, 3.8) is 0 Å². The fraction of sp³-hybridized carbons (Fsp3) is 0.125. The topological polar surface area (TPSA) is 86.4 Å². The number of carbonyl (C=O) groups excluding carboxylic acids is 2. The number of hydrogen-bond donors (Lipinski definition) is 1. The maximum absolute atomic E-state index is 13.1. The van der Waals surface area contributed by atoms with Crippen molar-refractivity contribution in [3.8, 4) is 17.0 Å². The van der Waals surface area contributed by atoms with Gasteiger partial charge in [0, 0.05) is 5.56 Å². The van der Waals surface area contributed by atoms with Gasteiger partial charge in [-0.05, 0) is 62.4 Å². The van der Waals surface area contributed by atoms with E-state index in [1.807, 2.05) is 37.3 Å². The number of nitrogens with zero attached hydrogens (tertiary/aromatic N) is 2. The molecule has 2 aromatic carbocycles. The Hall–Kier alpha value is -4.20. The number of furan rings is 1. The van der Waals surface area contributed by atoms with Crippen molar-refractivity contribution in [2.24, 2.45) is 0 Å². The van der Waals surface area contributed by atoms with E-state index in [1.54, 1.807) is 17.7 Å². The van der Waals surface area contributed by atoms with Crippen LogP contribution in [0.5, 0.6) is 0 Å². The second kappa shape index (κ2) is 8.89. The number of esters is 1.